The van der Waals surface area contributed by atoms with E-state index in [0.29, 0.717) is 84.4 Å². The van der Waals surface area contributed by atoms with Crippen molar-refractivity contribution in [1.82, 2.24) is 16.0 Å². The lowest BCUT2D eigenvalue weighted by Gasteiger charge is -2.24. The van der Waals surface area contributed by atoms with E-state index in [1.807, 2.05) is 27.7 Å². The summed E-state index contributed by atoms with van der Waals surface area (Å²) in [5.74, 6) is -2.97. The highest BCUT2D eigenvalue weighted by Gasteiger charge is 2.31. The maximum atomic E-state index is 13.3. The number of rotatable bonds is 30. The summed E-state index contributed by atoms with van der Waals surface area (Å²) in [5.41, 5.74) is 0. The van der Waals surface area contributed by atoms with Gasteiger partial charge < -0.3 is 30.2 Å². The van der Waals surface area contributed by atoms with Crippen LogP contribution in [0.3, 0.4) is 0 Å². The van der Waals surface area contributed by atoms with Crippen molar-refractivity contribution in [2.24, 2.45) is 17.8 Å². The lowest BCUT2D eigenvalue weighted by Crippen LogP contribution is -2.47. The second-order valence-corrected chi connectivity index (χ2v) is 12.3. The molecule has 0 radical (unpaired) electrons. The van der Waals surface area contributed by atoms with Crippen LogP contribution >= 0.6 is 0 Å². The summed E-state index contributed by atoms with van der Waals surface area (Å²) in [5, 5.41) is 8.48. The third kappa shape index (κ3) is 17.6. The monoisotopic (exact) mass is 683 g/mol. The average Bonchev–Trinajstić information content (AvgIpc) is 3.08. The summed E-state index contributed by atoms with van der Waals surface area (Å²) in [4.78, 5) is 78.1. The van der Waals surface area contributed by atoms with Crippen molar-refractivity contribution in [3.8, 4) is 0 Å². The van der Waals surface area contributed by atoms with Crippen molar-refractivity contribution >= 4 is 35.1 Å². The Balaban J connectivity index is 5.05. The number of nitrogens with one attached hydrogen (secondary N) is 3. The highest BCUT2D eigenvalue weighted by Crippen LogP contribution is 2.17. The van der Waals surface area contributed by atoms with E-state index in [1.165, 1.54) is 0 Å². The van der Waals surface area contributed by atoms with Crippen LogP contribution in [0.1, 0.15) is 119 Å². The molecular weight excluding hydrogens is 618 g/mol. The molecule has 0 unspecified atom stereocenters. The molecule has 0 fully saturated rings. The van der Waals surface area contributed by atoms with Gasteiger partial charge in [-0.1, -0.05) is 48.5 Å². The molecule has 5 atom stereocenters. The first-order chi connectivity index (χ1) is 23.0. The van der Waals surface area contributed by atoms with Crippen LogP contribution in [0.25, 0.3) is 0 Å². The second-order valence-electron chi connectivity index (χ2n) is 12.3. The standard InChI is InChI=1S/C36H65N3O9/c1-9-25(10-2)34(43)38-29(14-6)32(41)24-27(12-4)36(45)39-30(15-7)33(42)23-26(11-3)35(44)37-28(13-5)31(40)17-16-18-47-21-22-48-20-19-46-8/h25-30H,9-24H2,1-8H3,(H,37,44)(H,38,43)(H,39,45)/t26-,27-,28+,29+,30+/m1/s1. The van der Waals surface area contributed by atoms with E-state index in [4.69, 9.17) is 14.2 Å². The molecule has 0 aromatic rings. The molecule has 0 aliphatic carbocycles. The fraction of sp³-hybridized carbons (Fsp3) is 0.833. The number of carbonyl (C=O) groups is 6. The number of ketones is 3. The van der Waals surface area contributed by atoms with Gasteiger partial charge in [-0.15, -0.1) is 0 Å². The molecule has 0 saturated heterocycles. The van der Waals surface area contributed by atoms with E-state index >= 15 is 0 Å². The number of hydrogen-bond donors (Lipinski definition) is 3. The number of ether oxygens (including phenoxy) is 3. The minimum atomic E-state index is -0.811. The van der Waals surface area contributed by atoms with Crippen LogP contribution in [0.4, 0.5) is 0 Å². The van der Waals surface area contributed by atoms with E-state index in [9.17, 15) is 28.8 Å². The number of hydrogen-bond acceptors (Lipinski definition) is 9. The van der Waals surface area contributed by atoms with Crippen LogP contribution in [0.15, 0.2) is 0 Å². The molecule has 0 aliphatic rings. The zero-order chi connectivity index (χ0) is 36.5. The SMILES string of the molecule is CCC(CC)C(=O)N[C@@H](CC)C(=O)C[C@@H](CC)C(=O)N[C@@H](CC)C(=O)C[C@@H](CC)C(=O)N[C@@H](CC)C(=O)CCCOCCOCCOC. The van der Waals surface area contributed by atoms with Gasteiger partial charge in [0.25, 0.3) is 0 Å². The van der Waals surface area contributed by atoms with Gasteiger partial charge in [0.15, 0.2) is 17.3 Å². The molecule has 48 heavy (non-hydrogen) atoms. The largest absolute Gasteiger partial charge is 0.382 e. The number of methoxy groups -OCH3 is 1. The molecule has 0 bridgehead atoms. The smallest absolute Gasteiger partial charge is 0.224 e. The normalized spacial score (nSPS) is 14.4. The Labute approximate surface area is 288 Å². The molecule has 0 aromatic heterocycles. The van der Waals surface area contributed by atoms with Gasteiger partial charge in [0.2, 0.25) is 17.7 Å². The first-order valence-electron chi connectivity index (χ1n) is 18.1. The summed E-state index contributed by atoms with van der Waals surface area (Å²) in [6.45, 7) is 15.2. The predicted molar refractivity (Wildman–Crippen MR) is 185 cm³/mol. The molecule has 3 amide bonds. The van der Waals surface area contributed by atoms with Crippen LogP contribution in [0.5, 0.6) is 0 Å². The first-order valence-corrected chi connectivity index (χ1v) is 18.1. The van der Waals surface area contributed by atoms with Crippen LogP contribution in [0.2, 0.25) is 0 Å². The van der Waals surface area contributed by atoms with Crippen molar-refractivity contribution in [2.75, 3.05) is 40.1 Å². The molecule has 0 saturated carbocycles. The lowest BCUT2D eigenvalue weighted by atomic mass is 9.91. The fourth-order valence-corrected chi connectivity index (χ4v) is 5.36. The average molecular weight is 684 g/mol. The molecule has 0 spiro atoms. The fourth-order valence-electron chi connectivity index (χ4n) is 5.36. The van der Waals surface area contributed by atoms with Crippen molar-refractivity contribution < 1.29 is 43.0 Å². The number of amides is 3. The summed E-state index contributed by atoms with van der Waals surface area (Å²) < 4.78 is 15.7. The van der Waals surface area contributed by atoms with Crippen molar-refractivity contribution in [2.45, 2.75) is 137 Å². The van der Waals surface area contributed by atoms with Crippen LogP contribution < -0.4 is 16.0 Å². The third-order valence-electron chi connectivity index (χ3n) is 8.83. The second kappa shape index (κ2) is 27.2. The Morgan fingerprint density at radius 1 is 0.458 bits per heavy atom. The highest BCUT2D eigenvalue weighted by atomic mass is 16.5. The van der Waals surface area contributed by atoms with Gasteiger partial charge in [-0.25, -0.2) is 0 Å². The Hall–Kier alpha value is -2.70. The van der Waals surface area contributed by atoms with Crippen LogP contribution in [-0.4, -0.2) is 93.3 Å². The van der Waals surface area contributed by atoms with E-state index in [-0.39, 0.29) is 54.3 Å². The van der Waals surface area contributed by atoms with E-state index in [1.54, 1.807) is 27.9 Å². The Kier molecular flexibility index (Phi) is 25.6. The Bertz CT molecular complexity index is 970. The molecule has 0 aliphatic heterocycles. The van der Waals surface area contributed by atoms with Crippen molar-refractivity contribution in [3.63, 3.8) is 0 Å². The van der Waals surface area contributed by atoms with Gasteiger partial charge in [-0.2, -0.15) is 0 Å². The lowest BCUT2D eigenvalue weighted by molar-refractivity contribution is -0.135. The summed E-state index contributed by atoms with van der Waals surface area (Å²) in [6.07, 6.45) is 3.97. The van der Waals surface area contributed by atoms with E-state index in [2.05, 4.69) is 16.0 Å². The number of Topliss-reactive ketones (excluding diaryl/α,β-unsaturated/α-hetero) is 3. The topological polar surface area (TPSA) is 166 Å². The maximum Gasteiger partial charge on any atom is 0.224 e. The predicted octanol–water partition coefficient (Wildman–Crippen LogP) is 4.11. The van der Waals surface area contributed by atoms with Crippen LogP contribution in [0, 0.1) is 17.8 Å². The number of carbonyl (C=O) groups excluding carboxylic acids is 6. The molecule has 0 rings (SSSR count). The van der Waals surface area contributed by atoms with Gasteiger partial charge in [0, 0.05) is 50.7 Å². The zero-order valence-corrected chi connectivity index (χ0v) is 31.0. The maximum absolute atomic E-state index is 13.3. The quantitative estimate of drug-likeness (QED) is 0.0945. The minimum Gasteiger partial charge on any atom is -0.382 e. The molecule has 278 valence electrons. The summed E-state index contributed by atoms with van der Waals surface area (Å²) in [6, 6.07) is -2.14. The zero-order valence-electron chi connectivity index (χ0n) is 31.0. The van der Waals surface area contributed by atoms with Gasteiger partial charge in [-0.05, 0) is 51.4 Å². The Morgan fingerprint density at radius 3 is 1.19 bits per heavy atom. The first kappa shape index (κ1) is 45.3. The van der Waals surface area contributed by atoms with E-state index < -0.39 is 35.9 Å². The van der Waals surface area contributed by atoms with E-state index in [0.717, 1.165) is 0 Å². The summed E-state index contributed by atoms with van der Waals surface area (Å²) >= 11 is 0. The van der Waals surface area contributed by atoms with Crippen molar-refractivity contribution in [1.29, 1.82) is 0 Å². The Morgan fingerprint density at radius 2 is 0.812 bits per heavy atom. The molecule has 3 N–H and O–H groups in total. The van der Waals surface area contributed by atoms with Gasteiger partial charge in [-0.3, -0.25) is 28.8 Å². The molecule has 0 heterocycles. The highest BCUT2D eigenvalue weighted by molar-refractivity contribution is 5.96. The molecule has 12 heteroatoms. The molecule has 0 aromatic carbocycles. The van der Waals surface area contributed by atoms with Gasteiger partial charge >= 0.3 is 0 Å². The van der Waals surface area contributed by atoms with Crippen molar-refractivity contribution in [3.05, 3.63) is 0 Å². The van der Waals surface area contributed by atoms with Crippen LogP contribution in [-0.2, 0) is 43.0 Å². The van der Waals surface area contributed by atoms with Gasteiger partial charge in [0.1, 0.15) is 0 Å². The van der Waals surface area contributed by atoms with Gasteiger partial charge in [0.05, 0.1) is 44.6 Å². The molecular formula is C36H65N3O9. The third-order valence-corrected chi connectivity index (χ3v) is 8.83. The summed E-state index contributed by atoms with van der Waals surface area (Å²) in [7, 11) is 1.60. The minimum absolute atomic E-state index is 0.0451. The molecule has 12 nitrogen and oxygen atoms in total.